The Kier molecular flexibility index (Phi) is 5.19. The monoisotopic (exact) mass is 363 g/mol. The fourth-order valence-electron chi connectivity index (χ4n) is 3.39. The van der Waals surface area contributed by atoms with Crippen LogP contribution in [0.3, 0.4) is 0 Å². The number of carboxylic acids is 1. The van der Waals surface area contributed by atoms with Gasteiger partial charge in [-0.2, -0.15) is 0 Å². The molecule has 0 atom stereocenters. The minimum absolute atomic E-state index is 0.169. The fraction of sp³-hybridized carbons (Fsp3) is 0.261. The van der Waals surface area contributed by atoms with Crippen molar-refractivity contribution in [2.45, 2.75) is 25.7 Å². The van der Waals surface area contributed by atoms with E-state index >= 15 is 0 Å². The quantitative estimate of drug-likeness (QED) is 0.813. The number of hydrogen-bond donors (Lipinski definition) is 2. The summed E-state index contributed by atoms with van der Waals surface area (Å²) in [5, 5.41) is 11.4. The van der Waals surface area contributed by atoms with Gasteiger partial charge in [0.15, 0.2) is 0 Å². The van der Waals surface area contributed by atoms with Gasteiger partial charge < -0.3 is 10.0 Å². The Hall–Kier alpha value is -2.85. The van der Waals surface area contributed by atoms with Crippen LogP contribution in [0.4, 0.5) is 11.4 Å². The third kappa shape index (κ3) is 4.12. The third-order valence-corrected chi connectivity index (χ3v) is 5.13. The first kappa shape index (κ1) is 18.9. The van der Waals surface area contributed by atoms with Crippen LogP contribution in [0.25, 0.3) is 5.57 Å². The molecular weight excluding hydrogens is 336 g/mol. The number of carbonyl (C=O) groups is 1. The Labute approximate surface area is 160 Å². The van der Waals surface area contributed by atoms with E-state index in [0.29, 0.717) is 5.56 Å². The highest BCUT2D eigenvalue weighted by molar-refractivity contribution is 5.88. The number of quaternary nitrogens is 1. The predicted octanol–water partition coefficient (Wildman–Crippen LogP) is 3.92. The van der Waals surface area contributed by atoms with Gasteiger partial charge in [0, 0.05) is 31.4 Å². The molecule has 0 radical (unpaired) electrons. The van der Waals surface area contributed by atoms with Gasteiger partial charge in [-0.25, -0.2) is 4.79 Å². The van der Waals surface area contributed by atoms with Crippen LogP contribution < -0.4 is 10.2 Å². The first-order valence-electron chi connectivity index (χ1n) is 9.15. The lowest BCUT2D eigenvalue weighted by Crippen LogP contribution is -2.71. The summed E-state index contributed by atoms with van der Waals surface area (Å²) in [4.78, 5) is 13.5. The fourth-order valence-corrected chi connectivity index (χ4v) is 3.39. The van der Waals surface area contributed by atoms with Crippen molar-refractivity contribution in [1.82, 2.24) is 0 Å². The van der Waals surface area contributed by atoms with Gasteiger partial charge >= 0.3 is 5.97 Å². The summed E-state index contributed by atoms with van der Waals surface area (Å²) in [5.74, 6) is -0.888. The molecule has 1 heterocycles. The van der Waals surface area contributed by atoms with E-state index in [1.807, 2.05) is 32.4 Å². The Morgan fingerprint density at radius 2 is 1.81 bits per heavy atom. The Morgan fingerprint density at radius 1 is 1.11 bits per heavy atom. The van der Waals surface area contributed by atoms with Crippen molar-refractivity contribution in [3.8, 4) is 0 Å². The Balaban J connectivity index is 1.98. The van der Waals surface area contributed by atoms with Crippen LogP contribution in [0, 0.1) is 0 Å². The highest BCUT2D eigenvalue weighted by atomic mass is 16.4. The lowest BCUT2D eigenvalue weighted by Gasteiger charge is -2.25. The molecule has 4 nitrogen and oxygen atoms in total. The van der Waals surface area contributed by atoms with Crippen molar-refractivity contribution in [1.29, 1.82) is 0 Å². The van der Waals surface area contributed by atoms with Gasteiger partial charge in [-0.1, -0.05) is 32.1 Å². The standard InChI is InChI=1S/C23H26N2O2/c1-23(2)13-11-17(16-5-8-19(9-6-16)25(3)4)12-14-24-21-10-7-18(22(26)27)15-20(21)23/h5-12,14-15,24H,13H2,1-4H3,(H,26,27)/p+1/b14-12-,17-11+. The Morgan fingerprint density at radius 3 is 2.44 bits per heavy atom. The topological polar surface area (TPSA) is 57.2 Å². The highest BCUT2D eigenvalue weighted by Gasteiger charge is 2.26. The van der Waals surface area contributed by atoms with Gasteiger partial charge in [-0.3, -0.25) is 5.32 Å². The summed E-state index contributed by atoms with van der Waals surface area (Å²) in [6.07, 6.45) is 7.25. The number of benzene rings is 2. The minimum atomic E-state index is -0.888. The number of allylic oxidation sites excluding steroid dienone is 3. The summed E-state index contributed by atoms with van der Waals surface area (Å²) < 4.78 is 0. The SMILES string of the molecule is CN(C)c1ccc(C2=C/CC(C)(C)c3cc(C(=O)O)ccc3[NH2+]/C=C\2)cc1. The lowest BCUT2D eigenvalue weighted by atomic mass is 9.79. The molecule has 140 valence electrons. The van der Waals surface area contributed by atoms with E-state index in [-0.39, 0.29) is 5.41 Å². The van der Waals surface area contributed by atoms with Crippen LogP contribution in [-0.2, 0) is 5.41 Å². The smallest absolute Gasteiger partial charge is 0.335 e. The zero-order chi connectivity index (χ0) is 19.6. The lowest BCUT2D eigenvalue weighted by molar-refractivity contribution is -0.497. The van der Waals surface area contributed by atoms with Gasteiger partial charge in [0.1, 0.15) is 5.69 Å². The second-order valence-corrected chi connectivity index (χ2v) is 7.82. The second kappa shape index (κ2) is 7.41. The molecule has 27 heavy (non-hydrogen) atoms. The molecule has 0 amide bonds. The van der Waals surface area contributed by atoms with Gasteiger partial charge in [-0.15, -0.1) is 0 Å². The maximum absolute atomic E-state index is 11.4. The minimum Gasteiger partial charge on any atom is -0.478 e. The summed E-state index contributed by atoms with van der Waals surface area (Å²) in [6.45, 7) is 4.33. The van der Waals surface area contributed by atoms with E-state index in [1.54, 1.807) is 6.07 Å². The summed E-state index contributed by atoms with van der Waals surface area (Å²) in [7, 11) is 4.07. The van der Waals surface area contributed by atoms with Crippen LogP contribution in [-0.4, -0.2) is 25.2 Å². The number of rotatable bonds is 3. The second-order valence-electron chi connectivity index (χ2n) is 7.82. The van der Waals surface area contributed by atoms with E-state index in [9.17, 15) is 9.90 Å². The molecule has 2 aromatic rings. The summed E-state index contributed by atoms with van der Waals surface area (Å²) in [6, 6.07) is 13.9. The summed E-state index contributed by atoms with van der Waals surface area (Å²) >= 11 is 0. The molecule has 0 unspecified atom stereocenters. The van der Waals surface area contributed by atoms with Crippen molar-refractivity contribution in [2.24, 2.45) is 0 Å². The number of anilines is 1. The molecule has 0 bridgehead atoms. The normalized spacial score (nSPS) is 18.9. The van der Waals surface area contributed by atoms with E-state index in [2.05, 4.69) is 60.5 Å². The molecule has 3 rings (SSSR count). The molecule has 0 aromatic heterocycles. The first-order chi connectivity index (χ1) is 12.8. The molecule has 1 aliphatic rings. The molecule has 2 aromatic carbocycles. The van der Waals surface area contributed by atoms with Crippen LogP contribution in [0.1, 0.15) is 41.8 Å². The van der Waals surface area contributed by atoms with Crippen LogP contribution in [0.15, 0.2) is 60.8 Å². The van der Waals surface area contributed by atoms with Crippen LogP contribution >= 0.6 is 0 Å². The van der Waals surface area contributed by atoms with Crippen molar-refractivity contribution in [3.05, 3.63) is 77.5 Å². The molecule has 4 heteroatoms. The molecule has 3 N–H and O–H groups in total. The zero-order valence-electron chi connectivity index (χ0n) is 16.4. The molecule has 0 saturated carbocycles. The van der Waals surface area contributed by atoms with E-state index < -0.39 is 5.97 Å². The number of aromatic carboxylic acids is 1. The largest absolute Gasteiger partial charge is 0.478 e. The number of hydrogen-bond acceptors (Lipinski definition) is 2. The molecule has 0 saturated heterocycles. The summed E-state index contributed by atoms with van der Waals surface area (Å²) in [5.41, 5.74) is 5.83. The average Bonchev–Trinajstić information content (AvgIpc) is 2.70. The predicted molar refractivity (Wildman–Crippen MR) is 111 cm³/mol. The molecular formula is C23H27N2O2+. The zero-order valence-corrected chi connectivity index (χ0v) is 16.4. The van der Waals surface area contributed by atoms with Crippen molar-refractivity contribution >= 4 is 22.9 Å². The number of fused-ring (bicyclic) bond motifs is 1. The third-order valence-electron chi connectivity index (χ3n) is 5.13. The van der Waals surface area contributed by atoms with Crippen LogP contribution in [0.5, 0.6) is 0 Å². The van der Waals surface area contributed by atoms with E-state index in [1.165, 1.54) is 16.8 Å². The number of carboxylic acid groups (broad SMARTS) is 1. The maximum atomic E-state index is 11.4. The van der Waals surface area contributed by atoms with E-state index in [0.717, 1.165) is 17.7 Å². The molecule has 0 spiro atoms. The number of nitrogens with two attached hydrogens (primary N) is 1. The van der Waals surface area contributed by atoms with Gasteiger partial charge in [0.05, 0.1) is 11.8 Å². The first-order valence-corrected chi connectivity index (χ1v) is 9.15. The average molecular weight is 363 g/mol. The molecule has 0 fully saturated rings. The molecule has 1 aliphatic heterocycles. The molecule has 0 aliphatic carbocycles. The Bertz CT molecular complexity index is 906. The van der Waals surface area contributed by atoms with Gasteiger partial charge in [0.2, 0.25) is 0 Å². The van der Waals surface area contributed by atoms with Crippen LogP contribution in [0.2, 0.25) is 0 Å². The van der Waals surface area contributed by atoms with Gasteiger partial charge in [-0.05, 0) is 53.3 Å². The van der Waals surface area contributed by atoms with E-state index in [4.69, 9.17) is 0 Å². The van der Waals surface area contributed by atoms with Crippen molar-refractivity contribution < 1.29 is 15.2 Å². The maximum Gasteiger partial charge on any atom is 0.335 e. The number of nitrogens with zero attached hydrogens (tertiary/aromatic N) is 1. The van der Waals surface area contributed by atoms with Gasteiger partial charge in [0.25, 0.3) is 0 Å². The van der Waals surface area contributed by atoms with Crippen molar-refractivity contribution in [2.75, 3.05) is 19.0 Å². The highest BCUT2D eigenvalue weighted by Crippen LogP contribution is 2.34. The van der Waals surface area contributed by atoms with Crippen molar-refractivity contribution in [3.63, 3.8) is 0 Å².